The molecule has 2 aromatic rings. The molecule has 0 unspecified atom stereocenters. The van der Waals surface area contributed by atoms with Gasteiger partial charge in [0.2, 0.25) is 0 Å². The number of aromatic nitrogens is 3. The van der Waals surface area contributed by atoms with Crippen LogP contribution in [-0.4, -0.2) is 46.5 Å². The smallest absolute Gasteiger partial charge is 0.160 e. The number of rotatable bonds is 6. The topological polar surface area (TPSA) is 43.2 Å². The molecule has 124 valence electrons. The van der Waals surface area contributed by atoms with Gasteiger partial charge in [-0.15, -0.1) is 0 Å². The van der Waals surface area contributed by atoms with Gasteiger partial charge in [-0.25, -0.2) is 18.4 Å². The summed E-state index contributed by atoms with van der Waals surface area (Å²) >= 11 is 0. The normalized spacial score (nSPS) is 15.4. The Morgan fingerprint density at radius 1 is 1.17 bits per heavy atom. The number of hydrogen-bond acceptors (Lipinski definition) is 4. The molecule has 0 amide bonds. The number of halogens is 2. The molecule has 1 fully saturated rings. The molecule has 1 aliphatic heterocycles. The van der Waals surface area contributed by atoms with Crippen molar-refractivity contribution in [2.24, 2.45) is 0 Å². The molecule has 0 saturated carbocycles. The highest BCUT2D eigenvalue weighted by Crippen LogP contribution is 2.17. The first-order valence-electron chi connectivity index (χ1n) is 7.79. The monoisotopic (exact) mass is 322 g/mol. The molecule has 0 spiro atoms. The van der Waals surface area contributed by atoms with Crippen LogP contribution in [0, 0.1) is 11.6 Å². The third kappa shape index (κ3) is 3.73. The average Bonchev–Trinajstić information content (AvgIpc) is 3.18. The molecule has 0 aliphatic carbocycles. The van der Waals surface area contributed by atoms with E-state index in [2.05, 4.69) is 15.0 Å². The van der Waals surface area contributed by atoms with Crippen molar-refractivity contribution in [3.8, 4) is 5.69 Å². The van der Waals surface area contributed by atoms with Crippen LogP contribution in [0.25, 0.3) is 5.69 Å². The van der Waals surface area contributed by atoms with Gasteiger partial charge in [-0.05, 0) is 38.1 Å². The van der Waals surface area contributed by atoms with Gasteiger partial charge in [0, 0.05) is 19.6 Å². The SMILES string of the molecule is COCCc1nc(CN2CCCC2)n(-c2ccc(F)c(F)c2)n1. The van der Waals surface area contributed by atoms with E-state index in [0.717, 1.165) is 31.0 Å². The Morgan fingerprint density at radius 3 is 2.65 bits per heavy atom. The second-order valence-electron chi connectivity index (χ2n) is 5.68. The first-order valence-corrected chi connectivity index (χ1v) is 7.79. The Hall–Kier alpha value is -1.86. The van der Waals surface area contributed by atoms with Crippen LogP contribution in [0.5, 0.6) is 0 Å². The van der Waals surface area contributed by atoms with Crippen LogP contribution in [0.2, 0.25) is 0 Å². The van der Waals surface area contributed by atoms with E-state index in [1.807, 2.05) is 0 Å². The summed E-state index contributed by atoms with van der Waals surface area (Å²) in [6, 6.07) is 3.78. The number of hydrogen-bond donors (Lipinski definition) is 0. The van der Waals surface area contributed by atoms with Crippen LogP contribution in [0.4, 0.5) is 8.78 Å². The van der Waals surface area contributed by atoms with Crippen LogP contribution in [0.1, 0.15) is 24.5 Å². The molecule has 7 heteroatoms. The molecule has 2 heterocycles. The van der Waals surface area contributed by atoms with Gasteiger partial charge < -0.3 is 4.74 Å². The quantitative estimate of drug-likeness (QED) is 0.819. The van der Waals surface area contributed by atoms with Gasteiger partial charge in [-0.1, -0.05) is 0 Å². The summed E-state index contributed by atoms with van der Waals surface area (Å²) in [7, 11) is 1.62. The first kappa shape index (κ1) is 16.0. The number of benzene rings is 1. The van der Waals surface area contributed by atoms with Crippen molar-refractivity contribution < 1.29 is 13.5 Å². The molecule has 1 aromatic heterocycles. The van der Waals surface area contributed by atoms with E-state index in [0.29, 0.717) is 31.1 Å². The largest absolute Gasteiger partial charge is 0.384 e. The predicted octanol–water partition coefficient (Wildman–Crippen LogP) is 2.33. The summed E-state index contributed by atoms with van der Waals surface area (Å²) in [5.41, 5.74) is 0.481. The second-order valence-corrected chi connectivity index (χ2v) is 5.68. The number of nitrogens with zero attached hydrogens (tertiary/aromatic N) is 4. The summed E-state index contributed by atoms with van der Waals surface area (Å²) < 4.78 is 33.4. The maximum atomic E-state index is 13.5. The number of ether oxygens (including phenoxy) is 1. The van der Waals surface area contributed by atoms with Gasteiger partial charge in [0.15, 0.2) is 17.5 Å². The van der Waals surface area contributed by atoms with Crippen LogP contribution >= 0.6 is 0 Å². The zero-order valence-corrected chi connectivity index (χ0v) is 13.1. The number of likely N-dealkylation sites (tertiary alicyclic amines) is 1. The van der Waals surface area contributed by atoms with E-state index in [1.165, 1.54) is 18.9 Å². The molecule has 1 aromatic carbocycles. The van der Waals surface area contributed by atoms with Crippen molar-refractivity contribution >= 4 is 0 Å². The minimum atomic E-state index is -0.886. The first-order chi connectivity index (χ1) is 11.2. The molecule has 0 radical (unpaired) electrons. The third-order valence-corrected chi connectivity index (χ3v) is 3.96. The van der Waals surface area contributed by atoms with Crippen molar-refractivity contribution in [3.63, 3.8) is 0 Å². The Labute approximate surface area is 133 Å². The molecule has 23 heavy (non-hydrogen) atoms. The highest BCUT2D eigenvalue weighted by Gasteiger charge is 2.18. The fourth-order valence-electron chi connectivity index (χ4n) is 2.76. The Bertz CT molecular complexity index is 668. The summed E-state index contributed by atoms with van der Waals surface area (Å²) in [6.07, 6.45) is 2.94. The van der Waals surface area contributed by atoms with E-state index in [-0.39, 0.29) is 0 Å². The standard InChI is InChI=1S/C16H20F2N4O/c1-23-9-6-15-19-16(11-21-7-2-3-8-21)22(20-15)12-4-5-13(17)14(18)10-12/h4-5,10H,2-3,6-9,11H2,1H3. The Kier molecular flexibility index (Phi) is 4.97. The molecule has 3 rings (SSSR count). The molecule has 0 atom stereocenters. The van der Waals surface area contributed by atoms with Gasteiger partial charge in [0.1, 0.15) is 5.82 Å². The van der Waals surface area contributed by atoms with Crippen molar-refractivity contribution in [3.05, 3.63) is 41.5 Å². The summed E-state index contributed by atoms with van der Waals surface area (Å²) in [4.78, 5) is 6.85. The predicted molar refractivity (Wildman–Crippen MR) is 81.4 cm³/mol. The average molecular weight is 322 g/mol. The molecular formula is C16H20F2N4O. The van der Waals surface area contributed by atoms with Gasteiger partial charge in [0.05, 0.1) is 18.8 Å². The van der Waals surface area contributed by atoms with E-state index in [4.69, 9.17) is 4.74 Å². The maximum Gasteiger partial charge on any atom is 0.160 e. The lowest BCUT2D eigenvalue weighted by molar-refractivity contribution is 0.200. The van der Waals surface area contributed by atoms with Gasteiger partial charge in [-0.2, -0.15) is 5.10 Å². The van der Waals surface area contributed by atoms with Crippen molar-refractivity contribution in [2.45, 2.75) is 25.8 Å². The van der Waals surface area contributed by atoms with Crippen molar-refractivity contribution in [1.29, 1.82) is 0 Å². The van der Waals surface area contributed by atoms with Crippen LogP contribution in [0.3, 0.4) is 0 Å². The zero-order chi connectivity index (χ0) is 16.2. The van der Waals surface area contributed by atoms with Gasteiger partial charge in [0.25, 0.3) is 0 Å². The third-order valence-electron chi connectivity index (χ3n) is 3.96. The molecule has 1 saturated heterocycles. The minimum absolute atomic E-state index is 0.481. The van der Waals surface area contributed by atoms with Gasteiger partial charge >= 0.3 is 0 Å². The minimum Gasteiger partial charge on any atom is -0.384 e. The van der Waals surface area contributed by atoms with Crippen molar-refractivity contribution in [2.75, 3.05) is 26.8 Å². The highest BCUT2D eigenvalue weighted by molar-refractivity contribution is 5.32. The molecule has 0 bridgehead atoms. The van der Waals surface area contributed by atoms with Crippen LogP contribution in [0.15, 0.2) is 18.2 Å². The molecule has 5 nitrogen and oxygen atoms in total. The fraction of sp³-hybridized carbons (Fsp3) is 0.500. The number of methoxy groups -OCH3 is 1. The van der Waals surface area contributed by atoms with Crippen molar-refractivity contribution in [1.82, 2.24) is 19.7 Å². The lowest BCUT2D eigenvalue weighted by Crippen LogP contribution is -2.21. The van der Waals surface area contributed by atoms with Gasteiger partial charge in [-0.3, -0.25) is 4.90 Å². The van der Waals surface area contributed by atoms with E-state index in [9.17, 15) is 8.78 Å². The Balaban J connectivity index is 1.91. The summed E-state index contributed by atoms with van der Waals surface area (Å²) in [6.45, 7) is 3.22. The molecule has 0 N–H and O–H groups in total. The fourth-order valence-corrected chi connectivity index (χ4v) is 2.76. The lowest BCUT2D eigenvalue weighted by Gasteiger charge is -2.14. The highest BCUT2D eigenvalue weighted by atomic mass is 19.2. The molecule has 1 aliphatic rings. The van der Waals surface area contributed by atoms with Crippen LogP contribution < -0.4 is 0 Å². The zero-order valence-electron chi connectivity index (χ0n) is 13.1. The summed E-state index contributed by atoms with van der Waals surface area (Å²) in [5.74, 6) is -0.368. The maximum absolute atomic E-state index is 13.5. The Morgan fingerprint density at radius 2 is 1.96 bits per heavy atom. The lowest BCUT2D eigenvalue weighted by atomic mass is 10.3. The second kappa shape index (κ2) is 7.14. The van der Waals surface area contributed by atoms with E-state index >= 15 is 0 Å². The van der Waals surface area contributed by atoms with Crippen LogP contribution in [-0.2, 0) is 17.7 Å². The van der Waals surface area contributed by atoms with E-state index in [1.54, 1.807) is 11.8 Å². The molecular weight excluding hydrogens is 302 g/mol. The van der Waals surface area contributed by atoms with E-state index < -0.39 is 11.6 Å². The summed E-state index contributed by atoms with van der Waals surface area (Å²) in [5, 5.41) is 4.44.